The van der Waals surface area contributed by atoms with Crippen molar-refractivity contribution < 1.29 is 14.7 Å². The highest BCUT2D eigenvalue weighted by molar-refractivity contribution is 6.14. The quantitative estimate of drug-likeness (QED) is 0.268. The molecule has 2 bridgehead atoms. The Kier molecular flexibility index (Phi) is 5.84. The summed E-state index contributed by atoms with van der Waals surface area (Å²) in [5.74, 6) is 1.07. The summed E-state index contributed by atoms with van der Waals surface area (Å²) in [6.07, 6.45) is 10.3. The molecule has 7 nitrogen and oxygen atoms in total. The number of nitrogens with zero attached hydrogens (tertiary/aromatic N) is 3. The second kappa shape index (κ2) is 8.69. The zero-order valence-corrected chi connectivity index (χ0v) is 20.2. The number of rotatable bonds is 8. The fourth-order valence-electron chi connectivity index (χ4n) is 6.46. The summed E-state index contributed by atoms with van der Waals surface area (Å²) in [4.78, 5) is 32.5. The highest BCUT2D eigenvalue weighted by atomic mass is 16.3. The van der Waals surface area contributed by atoms with Gasteiger partial charge in [0.05, 0.1) is 6.21 Å². The van der Waals surface area contributed by atoms with Gasteiger partial charge in [0.2, 0.25) is 0 Å². The Morgan fingerprint density at radius 1 is 1.41 bits per heavy atom. The molecular formula is C27H34N4O3. The van der Waals surface area contributed by atoms with E-state index in [1.54, 1.807) is 25.1 Å². The lowest BCUT2D eigenvalue weighted by Gasteiger charge is -2.63. The standard InChI is InChI=1S/C27H34N4O3/c1-17(30(3)26(34)24(15-28-2)29-9-11-32)21-14-23-25-12-19-6-7-20(33)13-22(19)27(21,23)8-10-31(25)16-18-4-5-18/h6-7,9,11,13-15,17-18,21,25,28,33H,4-5,8,10,12,16H2,1-3H3/b24-15-,29-9-. The lowest BCUT2D eigenvalue weighted by molar-refractivity contribution is -0.129. The number of aliphatic imine (C=N–C) groups is 1. The first kappa shape index (κ1) is 22.8. The number of phenols is 1. The molecule has 34 heavy (non-hydrogen) atoms. The average molecular weight is 463 g/mol. The van der Waals surface area contributed by atoms with Gasteiger partial charge in [0.1, 0.15) is 11.4 Å². The molecule has 0 aromatic heterocycles. The lowest BCUT2D eigenvalue weighted by Crippen LogP contribution is -2.65. The van der Waals surface area contributed by atoms with Crippen molar-refractivity contribution in [2.45, 2.75) is 50.1 Å². The number of carbonyl (C=O) groups excluding carboxylic acids is 2. The van der Waals surface area contributed by atoms with E-state index >= 15 is 0 Å². The number of hydrogen-bond donors (Lipinski definition) is 2. The van der Waals surface area contributed by atoms with Crippen molar-refractivity contribution in [1.29, 1.82) is 0 Å². The number of amides is 1. The minimum Gasteiger partial charge on any atom is -0.508 e. The van der Waals surface area contributed by atoms with Crippen LogP contribution in [0.5, 0.6) is 5.75 Å². The summed E-state index contributed by atoms with van der Waals surface area (Å²) >= 11 is 0. The number of nitrogens with one attached hydrogen (secondary N) is 1. The van der Waals surface area contributed by atoms with Gasteiger partial charge >= 0.3 is 0 Å². The molecule has 2 N–H and O–H groups in total. The Balaban J connectivity index is 1.48. The van der Waals surface area contributed by atoms with Crippen molar-refractivity contribution in [3.05, 3.63) is 52.9 Å². The summed E-state index contributed by atoms with van der Waals surface area (Å²) in [7, 11) is 3.51. The largest absolute Gasteiger partial charge is 0.508 e. The maximum Gasteiger partial charge on any atom is 0.273 e. The van der Waals surface area contributed by atoms with Crippen LogP contribution in [-0.4, -0.2) is 72.6 Å². The van der Waals surface area contributed by atoms with E-state index in [1.807, 2.05) is 6.07 Å². The highest BCUT2D eigenvalue weighted by Crippen LogP contribution is 2.61. The average Bonchev–Trinajstić information content (AvgIpc) is 3.62. The summed E-state index contributed by atoms with van der Waals surface area (Å²) in [6.45, 7) is 4.31. The van der Waals surface area contributed by atoms with Crippen LogP contribution in [0.2, 0.25) is 0 Å². The summed E-state index contributed by atoms with van der Waals surface area (Å²) in [5, 5.41) is 13.2. The van der Waals surface area contributed by atoms with Gasteiger partial charge in [0.25, 0.3) is 5.91 Å². The molecule has 1 saturated carbocycles. The van der Waals surface area contributed by atoms with Crippen LogP contribution in [0.3, 0.4) is 0 Å². The molecule has 4 atom stereocenters. The summed E-state index contributed by atoms with van der Waals surface area (Å²) in [5.41, 5.74) is 4.07. The normalized spacial score (nSPS) is 28.9. The number of fused-ring (bicyclic) bond motifs is 1. The molecule has 2 fully saturated rings. The maximum atomic E-state index is 13.3. The first-order valence-electron chi connectivity index (χ1n) is 12.3. The Morgan fingerprint density at radius 3 is 2.91 bits per heavy atom. The molecular weight excluding hydrogens is 428 g/mol. The van der Waals surface area contributed by atoms with Gasteiger partial charge in [0, 0.05) is 50.3 Å². The van der Waals surface area contributed by atoms with E-state index in [2.05, 4.69) is 34.3 Å². The van der Waals surface area contributed by atoms with Crippen molar-refractivity contribution in [2.75, 3.05) is 27.2 Å². The molecule has 0 radical (unpaired) electrons. The SMILES string of the molecule is CN/C=C(\N=C/C=O)C(=O)N(C)C(C)C1C=C2C3Cc4ccc(O)cc4C21CCN3CC1CC1. The van der Waals surface area contributed by atoms with Crippen LogP contribution in [-0.2, 0) is 21.4 Å². The first-order valence-corrected chi connectivity index (χ1v) is 12.3. The fourth-order valence-corrected chi connectivity index (χ4v) is 6.46. The van der Waals surface area contributed by atoms with E-state index in [0.29, 0.717) is 18.1 Å². The van der Waals surface area contributed by atoms with E-state index in [0.717, 1.165) is 31.5 Å². The zero-order valence-electron chi connectivity index (χ0n) is 20.2. The van der Waals surface area contributed by atoms with Gasteiger partial charge in [-0.05, 0) is 73.9 Å². The molecule has 1 aliphatic heterocycles. The summed E-state index contributed by atoms with van der Waals surface area (Å²) in [6, 6.07) is 6.18. The second-order valence-electron chi connectivity index (χ2n) is 10.3. The van der Waals surface area contributed by atoms with Crippen LogP contribution >= 0.6 is 0 Å². The van der Waals surface area contributed by atoms with Crippen molar-refractivity contribution in [3.8, 4) is 5.75 Å². The van der Waals surface area contributed by atoms with Gasteiger partial charge in [-0.25, -0.2) is 4.99 Å². The number of aromatic hydroxyl groups is 1. The predicted octanol–water partition coefficient (Wildman–Crippen LogP) is 2.40. The predicted molar refractivity (Wildman–Crippen MR) is 132 cm³/mol. The molecule has 1 saturated heterocycles. The Labute approximate surface area is 201 Å². The van der Waals surface area contributed by atoms with Crippen LogP contribution in [0.1, 0.15) is 37.3 Å². The number of likely N-dealkylation sites (tertiary alicyclic amines) is 1. The van der Waals surface area contributed by atoms with Crippen LogP contribution in [0.4, 0.5) is 0 Å². The molecule has 3 aliphatic carbocycles. The van der Waals surface area contributed by atoms with E-state index < -0.39 is 0 Å². The number of phenolic OH excluding ortho intramolecular Hbond substituents is 1. The molecule has 180 valence electrons. The smallest absolute Gasteiger partial charge is 0.273 e. The van der Waals surface area contributed by atoms with E-state index in [9.17, 15) is 14.7 Å². The van der Waals surface area contributed by atoms with Gasteiger partial charge in [0.15, 0.2) is 6.29 Å². The Hall–Kier alpha value is -2.93. The van der Waals surface area contributed by atoms with Crippen molar-refractivity contribution in [3.63, 3.8) is 0 Å². The van der Waals surface area contributed by atoms with Crippen molar-refractivity contribution in [1.82, 2.24) is 15.1 Å². The minimum absolute atomic E-state index is 0.0770. The van der Waals surface area contributed by atoms with Crippen LogP contribution < -0.4 is 5.32 Å². The van der Waals surface area contributed by atoms with E-state index in [4.69, 9.17) is 0 Å². The first-order chi connectivity index (χ1) is 16.4. The molecule has 7 heteroatoms. The Bertz CT molecular complexity index is 1090. The van der Waals surface area contributed by atoms with Crippen molar-refractivity contribution in [2.24, 2.45) is 16.8 Å². The second-order valence-corrected chi connectivity index (χ2v) is 10.3. The van der Waals surface area contributed by atoms with Gasteiger partial charge in [-0.3, -0.25) is 14.5 Å². The third kappa shape index (κ3) is 3.57. The molecule has 4 unspecified atom stereocenters. The fraction of sp³-hybridized carbons (Fsp3) is 0.519. The molecule has 1 amide bonds. The molecule has 1 aromatic rings. The molecule has 0 spiro atoms. The monoisotopic (exact) mass is 462 g/mol. The van der Waals surface area contributed by atoms with E-state index in [-0.39, 0.29) is 29.0 Å². The van der Waals surface area contributed by atoms with Gasteiger partial charge in [-0.1, -0.05) is 12.1 Å². The topological polar surface area (TPSA) is 85.2 Å². The third-order valence-corrected chi connectivity index (χ3v) is 8.44. The molecule has 5 rings (SSSR count). The number of benzene rings is 1. The molecule has 1 aromatic carbocycles. The van der Waals surface area contributed by atoms with Gasteiger partial charge in [-0.2, -0.15) is 0 Å². The number of hydrogen-bond acceptors (Lipinski definition) is 6. The summed E-state index contributed by atoms with van der Waals surface area (Å²) < 4.78 is 0. The Morgan fingerprint density at radius 2 is 2.21 bits per heavy atom. The van der Waals surface area contributed by atoms with Gasteiger partial charge < -0.3 is 15.3 Å². The lowest BCUT2D eigenvalue weighted by atomic mass is 9.47. The van der Waals surface area contributed by atoms with Gasteiger partial charge in [-0.15, -0.1) is 0 Å². The maximum absolute atomic E-state index is 13.3. The van der Waals surface area contributed by atoms with E-state index in [1.165, 1.54) is 42.3 Å². The molecule has 4 aliphatic rings. The minimum atomic E-state index is -0.229. The zero-order chi connectivity index (χ0) is 24.0. The highest BCUT2D eigenvalue weighted by Gasteiger charge is 2.60. The number of carbonyl (C=O) groups is 2. The van der Waals surface area contributed by atoms with Crippen LogP contribution in [0.15, 0.2) is 46.7 Å². The van der Waals surface area contributed by atoms with Crippen molar-refractivity contribution >= 4 is 18.4 Å². The van der Waals surface area contributed by atoms with Crippen LogP contribution in [0.25, 0.3) is 0 Å². The third-order valence-electron chi connectivity index (χ3n) is 8.44. The number of likely N-dealkylation sites (N-methyl/N-ethyl adjacent to an activating group) is 1. The van der Waals surface area contributed by atoms with Crippen LogP contribution in [0, 0.1) is 11.8 Å². The number of aldehydes is 1. The number of piperidine rings is 1. The molecule has 1 heterocycles.